The van der Waals surface area contributed by atoms with Gasteiger partial charge in [-0.25, -0.2) is 0 Å². The first-order valence-corrected chi connectivity index (χ1v) is 12.9. The third-order valence-electron chi connectivity index (χ3n) is 5.25. The Balaban J connectivity index is 1.57. The summed E-state index contributed by atoms with van der Waals surface area (Å²) in [5, 5.41) is 23.9. The van der Waals surface area contributed by atoms with Gasteiger partial charge in [-0.1, -0.05) is 29.4 Å². The van der Waals surface area contributed by atoms with Gasteiger partial charge in [0.1, 0.15) is 0 Å². The first kappa shape index (κ1) is 28.5. The zero-order chi connectivity index (χ0) is 29.0. The Labute approximate surface area is 240 Å². The Morgan fingerprint density at radius 1 is 1.05 bits per heavy atom. The van der Waals surface area contributed by atoms with Gasteiger partial charge in [-0.15, -0.1) is 0 Å². The van der Waals surface area contributed by atoms with E-state index in [1.54, 1.807) is 31.2 Å². The van der Waals surface area contributed by atoms with E-state index in [9.17, 15) is 29.8 Å². The summed E-state index contributed by atoms with van der Waals surface area (Å²) in [4.78, 5) is 46.7. The number of nitrogens with zero attached hydrogens (tertiary/aromatic N) is 3. The second-order valence-corrected chi connectivity index (χ2v) is 9.98. The summed E-state index contributed by atoms with van der Waals surface area (Å²) < 4.78 is 11.4. The second kappa shape index (κ2) is 12.1. The molecule has 0 bridgehead atoms. The number of hydrogen-bond donors (Lipinski definition) is 1. The van der Waals surface area contributed by atoms with Gasteiger partial charge in [0.05, 0.1) is 27.4 Å². The van der Waals surface area contributed by atoms with E-state index in [1.165, 1.54) is 24.3 Å². The zero-order valence-electron chi connectivity index (χ0n) is 20.4. The Bertz CT molecular complexity index is 1580. The molecule has 3 aromatic rings. The third-order valence-corrected chi connectivity index (χ3v) is 6.80. The Hall–Kier alpha value is -4.53. The van der Waals surface area contributed by atoms with Crippen molar-refractivity contribution in [2.45, 2.75) is 6.92 Å². The Kier molecular flexibility index (Phi) is 8.62. The molecule has 0 aromatic heterocycles. The lowest BCUT2D eigenvalue weighted by atomic mass is 10.1. The highest BCUT2D eigenvalue weighted by molar-refractivity contribution is 8.26. The van der Waals surface area contributed by atoms with Gasteiger partial charge in [-0.2, -0.15) is 5.01 Å². The molecule has 40 heavy (non-hydrogen) atoms. The molecule has 3 aromatic carbocycles. The lowest BCUT2D eigenvalue weighted by Gasteiger charge is -2.15. The summed E-state index contributed by atoms with van der Waals surface area (Å²) in [6, 6.07) is 13.7. The Morgan fingerprint density at radius 3 is 2.40 bits per heavy atom. The molecule has 1 aliphatic heterocycles. The summed E-state index contributed by atoms with van der Waals surface area (Å²) in [5.41, 5.74) is 2.23. The number of amides is 2. The molecule has 0 atom stereocenters. The SMILES string of the molecule is CCOc1cc(/C=C2/SC(=S)N(NC(=O)c3ccc(Cl)cc3)C2=O)ccc1Oc1ccc([N+](=O)[O-])cc1[N+](=O)[O-]. The lowest BCUT2D eigenvalue weighted by molar-refractivity contribution is -0.394. The molecule has 204 valence electrons. The number of carbonyl (C=O) groups is 2. The Morgan fingerprint density at radius 2 is 1.75 bits per heavy atom. The molecule has 1 N–H and O–H groups in total. The minimum absolute atomic E-state index is 0.110. The number of nitro benzene ring substituents is 2. The normalized spacial score (nSPS) is 13.8. The molecular weight excluding hydrogens is 584 g/mol. The van der Waals surface area contributed by atoms with Gasteiger partial charge >= 0.3 is 5.69 Å². The van der Waals surface area contributed by atoms with Gasteiger partial charge in [0.2, 0.25) is 5.75 Å². The van der Waals surface area contributed by atoms with Crippen LogP contribution < -0.4 is 14.9 Å². The molecule has 0 radical (unpaired) electrons. The number of halogens is 1. The predicted octanol–water partition coefficient (Wildman–Crippen LogP) is 5.89. The van der Waals surface area contributed by atoms with Gasteiger partial charge in [-0.05, 0) is 73.2 Å². The molecule has 1 aliphatic rings. The fourth-order valence-corrected chi connectivity index (χ4v) is 4.72. The van der Waals surface area contributed by atoms with Crippen molar-refractivity contribution in [2.24, 2.45) is 0 Å². The summed E-state index contributed by atoms with van der Waals surface area (Å²) in [6.45, 7) is 1.94. The van der Waals surface area contributed by atoms with Crippen molar-refractivity contribution in [3.8, 4) is 17.2 Å². The number of hydrazine groups is 1. The number of rotatable bonds is 9. The number of thiocarbonyl (C=S) groups is 1. The van der Waals surface area contributed by atoms with Crippen molar-refractivity contribution in [3.05, 3.63) is 102 Å². The van der Waals surface area contributed by atoms with E-state index in [-0.39, 0.29) is 38.6 Å². The molecule has 1 fully saturated rings. The van der Waals surface area contributed by atoms with Crippen LogP contribution in [0.15, 0.2) is 65.6 Å². The van der Waals surface area contributed by atoms with Gasteiger partial charge in [-0.3, -0.25) is 35.2 Å². The number of thioether (sulfide) groups is 1. The molecule has 15 heteroatoms. The summed E-state index contributed by atoms with van der Waals surface area (Å²) in [7, 11) is 0. The van der Waals surface area contributed by atoms with Crippen LogP contribution in [0.5, 0.6) is 17.2 Å². The first-order chi connectivity index (χ1) is 19.1. The fourth-order valence-electron chi connectivity index (χ4n) is 3.42. The number of ether oxygens (including phenoxy) is 2. The maximum absolute atomic E-state index is 13.0. The van der Waals surface area contributed by atoms with Gasteiger partial charge in [0, 0.05) is 16.7 Å². The van der Waals surface area contributed by atoms with E-state index in [1.807, 2.05) is 0 Å². The second-order valence-electron chi connectivity index (χ2n) is 7.87. The maximum atomic E-state index is 13.0. The van der Waals surface area contributed by atoms with E-state index in [2.05, 4.69) is 5.43 Å². The molecule has 2 amide bonds. The molecular formula is C25H17ClN4O8S2. The van der Waals surface area contributed by atoms with E-state index < -0.39 is 33.0 Å². The molecule has 0 unspecified atom stereocenters. The van der Waals surface area contributed by atoms with Crippen LogP contribution in [0.1, 0.15) is 22.8 Å². The third kappa shape index (κ3) is 6.36. The maximum Gasteiger partial charge on any atom is 0.318 e. The molecule has 4 rings (SSSR count). The number of benzene rings is 3. The largest absolute Gasteiger partial charge is 0.490 e. The summed E-state index contributed by atoms with van der Waals surface area (Å²) in [5.74, 6) is -0.998. The minimum Gasteiger partial charge on any atom is -0.490 e. The van der Waals surface area contributed by atoms with Crippen molar-refractivity contribution < 1.29 is 28.9 Å². The minimum atomic E-state index is -0.787. The van der Waals surface area contributed by atoms with Crippen LogP contribution in [0, 0.1) is 20.2 Å². The smallest absolute Gasteiger partial charge is 0.318 e. The molecule has 0 saturated carbocycles. The fraction of sp³-hybridized carbons (Fsp3) is 0.0800. The van der Waals surface area contributed by atoms with Gasteiger partial charge in [0.15, 0.2) is 15.8 Å². The van der Waals surface area contributed by atoms with Crippen LogP contribution in [0.3, 0.4) is 0 Å². The molecule has 0 aliphatic carbocycles. The van der Waals surface area contributed by atoms with E-state index in [4.69, 9.17) is 33.3 Å². The van der Waals surface area contributed by atoms with Crippen LogP contribution in [-0.2, 0) is 4.79 Å². The monoisotopic (exact) mass is 600 g/mol. The van der Waals surface area contributed by atoms with Gasteiger partial charge in [0.25, 0.3) is 17.5 Å². The van der Waals surface area contributed by atoms with E-state index in [0.717, 1.165) is 35.0 Å². The molecule has 12 nitrogen and oxygen atoms in total. The zero-order valence-corrected chi connectivity index (χ0v) is 22.7. The summed E-state index contributed by atoms with van der Waals surface area (Å²) in [6.07, 6.45) is 1.54. The number of nitro groups is 2. The average molecular weight is 601 g/mol. The summed E-state index contributed by atoms with van der Waals surface area (Å²) >= 11 is 12.1. The van der Waals surface area contributed by atoms with E-state index in [0.29, 0.717) is 10.6 Å². The van der Waals surface area contributed by atoms with Crippen LogP contribution >= 0.6 is 35.6 Å². The number of nitrogens with one attached hydrogen (secondary N) is 1. The number of carbonyl (C=O) groups excluding carboxylic acids is 2. The number of non-ortho nitro benzene ring substituents is 1. The highest BCUT2D eigenvalue weighted by atomic mass is 35.5. The first-order valence-electron chi connectivity index (χ1n) is 11.3. The highest BCUT2D eigenvalue weighted by Gasteiger charge is 2.34. The molecule has 1 saturated heterocycles. The quantitative estimate of drug-likeness (QED) is 0.136. The van der Waals surface area contributed by atoms with Crippen molar-refractivity contribution in [3.63, 3.8) is 0 Å². The molecule has 0 spiro atoms. The number of hydrogen-bond acceptors (Lipinski definition) is 10. The van der Waals surface area contributed by atoms with Crippen molar-refractivity contribution in [1.29, 1.82) is 0 Å². The van der Waals surface area contributed by atoms with Crippen LogP contribution in [0.25, 0.3) is 6.08 Å². The lowest BCUT2D eigenvalue weighted by Crippen LogP contribution is -2.44. The highest BCUT2D eigenvalue weighted by Crippen LogP contribution is 2.39. The van der Waals surface area contributed by atoms with Crippen molar-refractivity contribution >= 4 is 69.2 Å². The van der Waals surface area contributed by atoms with Crippen LogP contribution in [0.2, 0.25) is 5.02 Å². The topological polar surface area (TPSA) is 154 Å². The predicted molar refractivity (Wildman–Crippen MR) is 151 cm³/mol. The standard InChI is InChI=1S/C25H17ClN4O8S2/c1-2-37-21-11-14(3-9-20(21)38-19-10-8-17(29(33)34)13-18(19)30(35)36)12-22-24(32)28(25(39)40-22)27-23(31)15-4-6-16(26)7-5-15/h3-13H,2H2,1H3,(H,27,31)/b22-12+. The van der Waals surface area contributed by atoms with E-state index >= 15 is 0 Å². The average Bonchev–Trinajstić information content (AvgIpc) is 3.17. The van der Waals surface area contributed by atoms with Crippen LogP contribution in [-0.4, -0.2) is 37.6 Å². The van der Waals surface area contributed by atoms with Gasteiger partial charge < -0.3 is 9.47 Å². The van der Waals surface area contributed by atoms with Crippen LogP contribution in [0.4, 0.5) is 11.4 Å². The van der Waals surface area contributed by atoms with Crippen molar-refractivity contribution in [1.82, 2.24) is 10.4 Å². The van der Waals surface area contributed by atoms with Crippen molar-refractivity contribution in [2.75, 3.05) is 6.61 Å². The molecule has 1 heterocycles.